The average Bonchev–Trinajstić information content (AvgIpc) is 3.21. The summed E-state index contributed by atoms with van der Waals surface area (Å²) in [5, 5.41) is 2.97. The lowest BCUT2D eigenvalue weighted by Gasteiger charge is -2.13. The van der Waals surface area contributed by atoms with E-state index in [9.17, 15) is 4.79 Å². The Labute approximate surface area is 204 Å². The molecular weight excluding hydrogens is 608 g/mol. The standard InChI is InChI=1S/C13H13IN2OS.C9H12IN/c1-9(6-10-2-4-11(14)5-3-10)16-13(17)12-7-15-8-18-12;1-7(11)6-8-2-4-9(10)5-3-8/h2-5,7-9H,6H2,1H3,(H,16,17);2-5,7H,6,11H2,1H3. The van der Waals surface area contributed by atoms with Crippen LogP contribution in [0.1, 0.15) is 34.6 Å². The zero-order valence-electron chi connectivity index (χ0n) is 16.4. The highest BCUT2D eigenvalue weighted by Gasteiger charge is 2.11. The molecule has 1 amide bonds. The van der Waals surface area contributed by atoms with Crippen LogP contribution < -0.4 is 11.1 Å². The molecule has 0 spiro atoms. The van der Waals surface area contributed by atoms with Gasteiger partial charge in [0.25, 0.3) is 5.91 Å². The SMILES string of the molecule is CC(Cc1ccc(I)cc1)NC(=O)c1cncs1.CC(N)Cc1ccc(I)cc1. The van der Waals surface area contributed by atoms with E-state index in [0.29, 0.717) is 4.88 Å². The second-order valence-electron chi connectivity index (χ2n) is 6.88. The number of hydrogen-bond acceptors (Lipinski definition) is 4. The maximum atomic E-state index is 11.8. The van der Waals surface area contributed by atoms with E-state index in [4.69, 9.17) is 5.73 Å². The third-order valence-electron chi connectivity index (χ3n) is 3.96. The topological polar surface area (TPSA) is 68.0 Å². The van der Waals surface area contributed by atoms with Gasteiger partial charge in [-0.2, -0.15) is 0 Å². The first-order chi connectivity index (χ1) is 13.8. The Morgan fingerprint density at radius 1 is 1.00 bits per heavy atom. The van der Waals surface area contributed by atoms with Crippen molar-refractivity contribution in [2.24, 2.45) is 5.73 Å². The Bertz CT molecular complexity index is 866. The molecule has 0 fully saturated rings. The molecule has 2 atom stereocenters. The zero-order chi connectivity index (χ0) is 21.2. The molecule has 7 heteroatoms. The van der Waals surface area contributed by atoms with Gasteiger partial charge in [-0.25, -0.2) is 0 Å². The van der Waals surface area contributed by atoms with Crippen LogP contribution in [0.5, 0.6) is 0 Å². The minimum absolute atomic E-state index is 0.0458. The number of benzene rings is 2. The monoisotopic (exact) mass is 633 g/mol. The summed E-state index contributed by atoms with van der Waals surface area (Å²) >= 11 is 5.94. The number of carbonyl (C=O) groups is 1. The molecule has 2 aromatic carbocycles. The fourth-order valence-corrected chi connectivity index (χ4v) is 3.88. The molecule has 1 aromatic heterocycles. The van der Waals surface area contributed by atoms with Gasteiger partial charge in [0.15, 0.2) is 0 Å². The Hall–Kier alpha value is -1.04. The molecule has 0 saturated carbocycles. The maximum Gasteiger partial charge on any atom is 0.263 e. The van der Waals surface area contributed by atoms with Crippen molar-refractivity contribution >= 4 is 62.4 Å². The number of aromatic nitrogens is 1. The summed E-state index contributed by atoms with van der Waals surface area (Å²) in [7, 11) is 0. The third-order valence-corrected chi connectivity index (χ3v) is 6.17. The van der Waals surface area contributed by atoms with E-state index in [1.807, 2.05) is 13.8 Å². The van der Waals surface area contributed by atoms with Crippen molar-refractivity contribution in [3.05, 3.63) is 83.4 Å². The van der Waals surface area contributed by atoms with E-state index >= 15 is 0 Å². The minimum Gasteiger partial charge on any atom is -0.349 e. The van der Waals surface area contributed by atoms with Gasteiger partial charge >= 0.3 is 0 Å². The van der Waals surface area contributed by atoms with Crippen LogP contribution in [0.15, 0.2) is 60.2 Å². The Morgan fingerprint density at radius 3 is 1.97 bits per heavy atom. The molecule has 4 nitrogen and oxygen atoms in total. The van der Waals surface area contributed by atoms with Crippen LogP contribution in [0.2, 0.25) is 0 Å². The number of carbonyl (C=O) groups excluding carboxylic acids is 1. The predicted octanol–water partition coefficient (Wildman–Crippen LogP) is 5.29. The van der Waals surface area contributed by atoms with Crippen LogP contribution in [0.3, 0.4) is 0 Å². The number of hydrogen-bond donors (Lipinski definition) is 2. The first kappa shape index (κ1) is 24.2. The first-order valence-electron chi connectivity index (χ1n) is 9.27. The number of amides is 1. The molecule has 3 N–H and O–H groups in total. The third kappa shape index (κ3) is 9.54. The van der Waals surface area contributed by atoms with Crippen molar-refractivity contribution < 1.29 is 4.79 Å². The highest BCUT2D eigenvalue weighted by Crippen LogP contribution is 2.10. The summed E-state index contributed by atoms with van der Waals surface area (Å²) in [6, 6.07) is 17.2. The summed E-state index contributed by atoms with van der Waals surface area (Å²) < 4.78 is 2.49. The largest absolute Gasteiger partial charge is 0.349 e. The number of nitrogens with two attached hydrogens (primary N) is 1. The molecule has 0 aliphatic carbocycles. The van der Waals surface area contributed by atoms with E-state index in [2.05, 4.69) is 104 Å². The van der Waals surface area contributed by atoms with Crippen molar-refractivity contribution in [2.75, 3.05) is 0 Å². The van der Waals surface area contributed by atoms with Crippen LogP contribution in [-0.4, -0.2) is 23.0 Å². The Balaban J connectivity index is 0.000000234. The van der Waals surface area contributed by atoms with Gasteiger partial charge in [-0.05, 0) is 107 Å². The molecular formula is C22H25I2N3OS. The van der Waals surface area contributed by atoms with Crippen molar-refractivity contribution in [3.8, 4) is 0 Å². The lowest BCUT2D eigenvalue weighted by atomic mass is 10.1. The van der Waals surface area contributed by atoms with Crippen LogP contribution >= 0.6 is 56.5 Å². The first-order valence-corrected chi connectivity index (χ1v) is 12.3. The van der Waals surface area contributed by atoms with Gasteiger partial charge in [0.05, 0.1) is 11.7 Å². The Kier molecular flexibility index (Phi) is 10.5. The van der Waals surface area contributed by atoms with Crippen molar-refractivity contribution in [1.82, 2.24) is 10.3 Å². The maximum absolute atomic E-state index is 11.8. The van der Waals surface area contributed by atoms with E-state index in [1.54, 1.807) is 11.7 Å². The fraction of sp³-hybridized carbons (Fsp3) is 0.273. The number of rotatable bonds is 6. The average molecular weight is 633 g/mol. The van der Waals surface area contributed by atoms with Gasteiger partial charge < -0.3 is 11.1 Å². The molecule has 1 heterocycles. The number of nitrogens with one attached hydrogen (secondary N) is 1. The Morgan fingerprint density at radius 2 is 1.52 bits per heavy atom. The summed E-state index contributed by atoms with van der Waals surface area (Å²) in [4.78, 5) is 16.4. The van der Waals surface area contributed by atoms with E-state index in [0.717, 1.165) is 12.8 Å². The normalized spacial score (nSPS) is 12.4. The molecule has 29 heavy (non-hydrogen) atoms. The summed E-state index contributed by atoms with van der Waals surface area (Å²) in [6.07, 6.45) is 3.40. The number of thiazole rings is 1. The zero-order valence-corrected chi connectivity index (χ0v) is 21.6. The summed E-state index contributed by atoms with van der Waals surface area (Å²) in [5.41, 5.74) is 9.88. The van der Waals surface area contributed by atoms with Crippen molar-refractivity contribution in [3.63, 3.8) is 0 Å². The van der Waals surface area contributed by atoms with Crippen LogP contribution in [0, 0.1) is 7.14 Å². The van der Waals surface area contributed by atoms with Crippen LogP contribution in [0.25, 0.3) is 0 Å². The van der Waals surface area contributed by atoms with Gasteiger partial charge in [-0.3, -0.25) is 9.78 Å². The summed E-state index contributed by atoms with van der Waals surface area (Å²) in [6.45, 7) is 4.04. The van der Waals surface area contributed by atoms with Gasteiger partial charge in [0.2, 0.25) is 0 Å². The predicted molar refractivity (Wildman–Crippen MR) is 138 cm³/mol. The minimum atomic E-state index is -0.0458. The van der Waals surface area contributed by atoms with Gasteiger partial charge in [0.1, 0.15) is 4.88 Å². The molecule has 3 rings (SSSR count). The highest BCUT2D eigenvalue weighted by atomic mass is 127. The van der Waals surface area contributed by atoms with Gasteiger partial charge in [-0.1, -0.05) is 24.3 Å². The molecule has 154 valence electrons. The van der Waals surface area contributed by atoms with E-state index < -0.39 is 0 Å². The quantitative estimate of drug-likeness (QED) is 0.363. The van der Waals surface area contributed by atoms with Crippen molar-refractivity contribution in [2.45, 2.75) is 38.8 Å². The molecule has 3 aromatic rings. The molecule has 0 aliphatic rings. The molecule has 0 aliphatic heterocycles. The molecule has 0 saturated heterocycles. The smallest absolute Gasteiger partial charge is 0.263 e. The number of halogens is 2. The van der Waals surface area contributed by atoms with Crippen LogP contribution in [0.4, 0.5) is 0 Å². The second kappa shape index (κ2) is 12.6. The van der Waals surface area contributed by atoms with Crippen LogP contribution in [-0.2, 0) is 12.8 Å². The van der Waals surface area contributed by atoms with Crippen molar-refractivity contribution in [1.29, 1.82) is 0 Å². The van der Waals surface area contributed by atoms with Gasteiger partial charge in [0, 0.05) is 19.2 Å². The lowest BCUT2D eigenvalue weighted by molar-refractivity contribution is 0.0944. The fourth-order valence-electron chi connectivity index (χ4n) is 2.64. The van der Waals surface area contributed by atoms with E-state index in [-0.39, 0.29) is 18.0 Å². The molecule has 0 bridgehead atoms. The lowest BCUT2D eigenvalue weighted by Crippen LogP contribution is -2.33. The second-order valence-corrected chi connectivity index (χ2v) is 10.3. The molecule has 2 unspecified atom stereocenters. The summed E-state index contributed by atoms with van der Waals surface area (Å²) in [5.74, 6) is -0.0458. The van der Waals surface area contributed by atoms with E-state index in [1.165, 1.54) is 29.6 Å². The molecule has 0 radical (unpaired) electrons. The van der Waals surface area contributed by atoms with Gasteiger partial charge in [-0.15, -0.1) is 11.3 Å². The highest BCUT2D eigenvalue weighted by molar-refractivity contribution is 14.1. The number of nitrogens with zero attached hydrogens (tertiary/aromatic N) is 1.